The fourth-order valence-corrected chi connectivity index (χ4v) is 0.809. The van der Waals surface area contributed by atoms with E-state index < -0.39 is 4.92 Å². The molecule has 5 heteroatoms. The molecule has 0 spiro atoms. The molecular weight excluding hydrogens is 156 g/mol. The lowest BCUT2D eigenvalue weighted by Crippen LogP contribution is -1.95. The van der Waals surface area contributed by atoms with Crippen LogP contribution in [0.15, 0.2) is 12.1 Å². The van der Waals surface area contributed by atoms with Crippen molar-refractivity contribution in [1.82, 2.24) is 4.57 Å². The lowest BCUT2D eigenvalue weighted by molar-refractivity contribution is -0.391. The fraction of sp³-hybridized carbons (Fsp3) is 0.200. The normalized spacial score (nSPS) is 9.80. The Balaban J connectivity index is 3.17. The lowest BCUT2D eigenvalue weighted by atomic mass is 10.6. The summed E-state index contributed by atoms with van der Waals surface area (Å²) in [6.07, 6.45) is 0. The maximum Gasteiger partial charge on any atom is 0.324 e. The van der Waals surface area contributed by atoms with E-state index in [4.69, 9.17) is 11.6 Å². The zero-order valence-corrected chi connectivity index (χ0v) is 6.00. The van der Waals surface area contributed by atoms with Crippen LogP contribution in [0.1, 0.15) is 0 Å². The van der Waals surface area contributed by atoms with Crippen LogP contribution in [0.25, 0.3) is 0 Å². The van der Waals surface area contributed by atoms with E-state index in [0.717, 1.165) is 0 Å². The Bertz CT molecular complexity index is 269. The zero-order chi connectivity index (χ0) is 7.72. The van der Waals surface area contributed by atoms with Gasteiger partial charge in [0.05, 0.1) is 7.05 Å². The molecule has 0 saturated carbocycles. The molecule has 1 rings (SSSR count). The van der Waals surface area contributed by atoms with E-state index in [-0.39, 0.29) is 5.82 Å². The van der Waals surface area contributed by atoms with Gasteiger partial charge in [0.2, 0.25) is 0 Å². The van der Waals surface area contributed by atoms with Gasteiger partial charge in [0.25, 0.3) is 0 Å². The lowest BCUT2D eigenvalue weighted by Gasteiger charge is -1.93. The molecule has 1 aromatic rings. The van der Waals surface area contributed by atoms with E-state index in [2.05, 4.69) is 0 Å². The minimum absolute atomic E-state index is 0.00463. The molecule has 0 saturated heterocycles. The van der Waals surface area contributed by atoms with E-state index in [1.54, 1.807) is 7.05 Å². The van der Waals surface area contributed by atoms with Crippen molar-refractivity contribution in [3.63, 3.8) is 0 Å². The number of aromatic nitrogens is 1. The first-order valence-electron chi connectivity index (χ1n) is 2.58. The van der Waals surface area contributed by atoms with E-state index in [1.807, 2.05) is 0 Å². The molecule has 0 aliphatic rings. The summed E-state index contributed by atoms with van der Waals surface area (Å²) in [5.41, 5.74) is 0. The second kappa shape index (κ2) is 2.30. The van der Waals surface area contributed by atoms with Crippen molar-refractivity contribution < 1.29 is 4.92 Å². The van der Waals surface area contributed by atoms with Gasteiger partial charge in [-0.25, -0.2) is 4.57 Å². The number of nitrogens with zero attached hydrogens (tertiary/aromatic N) is 2. The van der Waals surface area contributed by atoms with Crippen LogP contribution in [-0.2, 0) is 7.05 Å². The van der Waals surface area contributed by atoms with Crippen molar-refractivity contribution in [3.05, 3.63) is 27.4 Å². The average molecular weight is 161 g/mol. The van der Waals surface area contributed by atoms with Gasteiger partial charge in [-0.3, -0.25) is 0 Å². The summed E-state index contributed by atoms with van der Waals surface area (Å²) in [6.45, 7) is 0. The van der Waals surface area contributed by atoms with Crippen LogP contribution in [0, 0.1) is 10.1 Å². The highest BCUT2D eigenvalue weighted by atomic mass is 35.5. The second-order valence-corrected chi connectivity index (χ2v) is 2.22. The molecule has 0 aliphatic heterocycles. The van der Waals surface area contributed by atoms with Crippen molar-refractivity contribution in [1.29, 1.82) is 0 Å². The number of hydrogen-bond donors (Lipinski definition) is 0. The zero-order valence-electron chi connectivity index (χ0n) is 5.24. The molecule has 1 heterocycles. The Hall–Kier alpha value is -1.03. The monoisotopic (exact) mass is 160 g/mol. The highest BCUT2D eigenvalue weighted by molar-refractivity contribution is 6.29. The predicted molar refractivity (Wildman–Crippen MR) is 37.1 cm³/mol. The third kappa shape index (κ3) is 0.974. The van der Waals surface area contributed by atoms with Crippen LogP contribution in [0.3, 0.4) is 0 Å². The fourth-order valence-electron chi connectivity index (χ4n) is 0.660. The second-order valence-electron chi connectivity index (χ2n) is 1.83. The Morgan fingerprint density at radius 3 is 2.50 bits per heavy atom. The van der Waals surface area contributed by atoms with Crippen molar-refractivity contribution in [3.8, 4) is 0 Å². The maximum atomic E-state index is 10.2. The van der Waals surface area contributed by atoms with Crippen LogP contribution >= 0.6 is 11.6 Å². The molecule has 10 heavy (non-hydrogen) atoms. The SMILES string of the molecule is Cn1c(Cl)ccc1[N+](=O)[O-]. The van der Waals surface area contributed by atoms with Crippen molar-refractivity contribution in [2.24, 2.45) is 7.05 Å². The highest BCUT2D eigenvalue weighted by Crippen LogP contribution is 2.18. The van der Waals surface area contributed by atoms with Crippen LogP contribution < -0.4 is 0 Å². The summed E-state index contributed by atoms with van der Waals surface area (Å²) >= 11 is 5.53. The Morgan fingerprint density at radius 1 is 1.70 bits per heavy atom. The molecule has 0 atom stereocenters. The summed E-state index contributed by atoms with van der Waals surface area (Å²) in [7, 11) is 1.54. The maximum absolute atomic E-state index is 10.2. The molecule has 1 aromatic heterocycles. The van der Waals surface area contributed by atoms with Gasteiger partial charge < -0.3 is 10.1 Å². The summed E-state index contributed by atoms with van der Waals surface area (Å²) < 4.78 is 1.31. The van der Waals surface area contributed by atoms with Gasteiger partial charge in [-0.05, 0) is 16.5 Å². The largest absolute Gasteiger partial charge is 0.358 e. The number of rotatable bonds is 1. The Labute approximate surface area is 62.2 Å². The third-order valence-corrected chi connectivity index (χ3v) is 1.60. The average Bonchev–Trinajstić information content (AvgIpc) is 2.14. The van der Waals surface area contributed by atoms with Crippen molar-refractivity contribution in [2.45, 2.75) is 0 Å². The molecule has 0 bridgehead atoms. The molecule has 0 radical (unpaired) electrons. The van der Waals surface area contributed by atoms with Gasteiger partial charge in [0, 0.05) is 12.1 Å². The van der Waals surface area contributed by atoms with Crippen LogP contribution in [0.5, 0.6) is 0 Å². The Kier molecular flexibility index (Phi) is 1.63. The standard InChI is InChI=1S/C5H5ClN2O2/c1-7-4(6)2-3-5(7)8(9)10/h2-3H,1H3. The van der Waals surface area contributed by atoms with Crippen molar-refractivity contribution in [2.75, 3.05) is 0 Å². The molecule has 0 aromatic carbocycles. The third-order valence-electron chi connectivity index (χ3n) is 1.22. The van der Waals surface area contributed by atoms with E-state index in [0.29, 0.717) is 5.15 Å². The molecule has 0 aliphatic carbocycles. The number of nitro groups is 1. The summed E-state index contributed by atoms with van der Waals surface area (Å²) in [6, 6.07) is 2.85. The molecule has 0 unspecified atom stereocenters. The van der Waals surface area contributed by atoms with Gasteiger partial charge in [0.1, 0.15) is 0 Å². The molecule has 54 valence electrons. The first-order chi connectivity index (χ1) is 4.63. The van der Waals surface area contributed by atoms with E-state index in [9.17, 15) is 10.1 Å². The molecule has 4 nitrogen and oxygen atoms in total. The topological polar surface area (TPSA) is 48.1 Å². The number of hydrogen-bond acceptors (Lipinski definition) is 2. The van der Waals surface area contributed by atoms with Gasteiger partial charge in [-0.1, -0.05) is 0 Å². The van der Waals surface area contributed by atoms with Gasteiger partial charge in [0.15, 0.2) is 5.15 Å². The minimum Gasteiger partial charge on any atom is -0.358 e. The van der Waals surface area contributed by atoms with E-state index in [1.165, 1.54) is 16.7 Å². The predicted octanol–water partition coefficient (Wildman–Crippen LogP) is 1.59. The quantitative estimate of drug-likeness (QED) is 0.463. The Morgan fingerprint density at radius 2 is 2.30 bits per heavy atom. The molecule has 0 amide bonds. The van der Waals surface area contributed by atoms with Crippen LogP contribution in [-0.4, -0.2) is 9.49 Å². The summed E-state index contributed by atoms with van der Waals surface area (Å²) in [5.74, 6) is 0.00463. The van der Waals surface area contributed by atoms with Crippen LogP contribution in [0.2, 0.25) is 5.15 Å². The summed E-state index contributed by atoms with van der Waals surface area (Å²) in [5, 5.41) is 10.5. The first kappa shape index (κ1) is 7.08. The number of halogens is 1. The van der Waals surface area contributed by atoms with Gasteiger partial charge in [-0.15, -0.1) is 0 Å². The minimum atomic E-state index is -0.480. The van der Waals surface area contributed by atoms with E-state index >= 15 is 0 Å². The molecule has 0 N–H and O–H groups in total. The highest BCUT2D eigenvalue weighted by Gasteiger charge is 2.11. The molecule has 0 fully saturated rings. The smallest absolute Gasteiger partial charge is 0.324 e. The van der Waals surface area contributed by atoms with Crippen molar-refractivity contribution >= 4 is 17.4 Å². The van der Waals surface area contributed by atoms with Gasteiger partial charge >= 0.3 is 5.82 Å². The molecular formula is C5H5ClN2O2. The summed E-state index contributed by atoms with van der Waals surface area (Å²) in [4.78, 5) is 9.68. The van der Waals surface area contributed by atoms with Crippen LogP contribution in [0.4, 0.5) is 5.82 Å². The first-order valence-corrected chi connectivity index (χ1v) is 2.96. The van der Waals surface area contributed by atoms with Gasteiger partial charge in [-0.2, -0.15) is 0 Å².